The van der Waals surface area contributed by atoms with Crippen LogP contribution in [-0.2, 0) is 22.6 Å². The molecule has 0 N–H and O–H groups in total. The summed E-state index contributed by atoms with van der Waals surface area (Å²) in [6.07, 6.45) is -8.57. The molecule has 1 heterocycles. The SMILES string of the molecule is Cc1cc(-c2ccccc2)c(N(C)C(=O)C(C)(C)c2cc(C(F)(F)F)cc(C(F)(F)F)c2)cn1. The maximum atomic E-state index is 13.5. The Labute approximate surface area is 193 Å². The number of rotatable bonds is 4. The zero-order valence-electron chi connectivity index (χ0n) is 18.8. The van der Waals surface area contributed by atoms with Crippen LogP contribution in [0.5, 0.6) is 0 Å². The number of alkyl halides is 6. The van der Waals surface area contributed by atoms with Gasteiger partial charge in [0.2, 0.25) is 5.91 Å². The van der Waals surface area contributed by atoms with Gasteiger partial charge in [0.1, 0.15) is 0 Å². The number of aromatic nitrogens is 1. The molecular weight excluding hydrogens is 458 g/mol. The van der Waals surface area contributed by atoms with E-state index in [0.29, 0.717) is 29.1 Å². The van der Waals surface area contributed by atoms with Gasteiger partial charge >= 0.3 is 12.4 Å². The molecule has 0 saturated carbocycles. The summed E-state index contributed by atoms with van der Waals surface area (Å²) in [4.78, 5) is 18.9. The molecule has 3 nitrogen and oxygen atoms in total. The Bertz CT molecular complexity index is 1170. The van der Waals surface area contributed by atoms with E-state index in [1.54, 1.807) is 13.0 Å². The lowest BCUT2D eigenvalue weighted by atomic mass is 9.81. The van der Waals surface area contributed by atoms with Gasteiger partial charge in [-0.1, -0.05) is 30.3 Å². The molecule has 34 heavy (non-hydrogen) atoms. The number of anilines is 1. The minimum atomic E-state index is -5.01. The molecule has 0 aliphatic rings. The van der Waals surface area contributed by atoms with E-state index in [-0.39, 0.29) is 6.07 Å². The van der Waals surface area contributed by atoms with Crippen molar-refractivity contribution >= 4 is 11.6 Å². The molecule has 1 amide bonds. The number of pyridine rings is 1. The van der Waals surface area contributed by atoms with E-state index in [0.717, 1.165) is 5.56 Å². The molecule has 0 atom stereocenters. The number of hydrogen-bond acceptors (Lipinski definition) is 2. The summed E-state index contributed by atoms with van der Waals surface area (Å²) in [6.45, 7) is 4.36. The summed E-state index contributed by atoms with van der Waals surface area (Å²) in [5, 5.41) is 0. The van der Waals surface area contributed by atoms with E-state index in [9.17, 15) is 31.1 Å². The van der Waals surface area contributed by atoms with E-state index < -0.39 is 40.4 Å². The summed E-state index contributed by atoms with van der Waals surface area (Å²) in [6, 6.07) is 12.1. The molecule has 0 saturated heterocycles. The van der Waals surface area contributed by atoms with Gasteiger partial charge in [-0.15, -0.1) is 0 Å². The largest absolute Gasteiger partial charge is 0.416 e. The molecule has 0 bridgehead atoms. The maximum Gasteiger partial charge on any atom is 0.416 e. The Morgan fingerprint density at radius 1 is 0.824 bits per heavy atom. The van der Waals surface area contributed by atoms with Crippen molar-refractivity contribution in [3.05, 3.63) is 83.2 Å². The van der Waals surface area contributed by atoms with Gasteiger partial charge in [0.15, 0.2) is 0 Å². The number of carbonyl (C=O) groups excluding carboxylic acids is 1. The van der Waals surface area contributed by atoms with Crippen molar-refractivity contribution in [1.82, 2.24) is 4.98 Å². The highest BCUT2D eigenvalue weighted by Crippen LogP contribution is 2.40. The minimum absolute atomic E-state index is 0.0468. The third-order valence-electron chi connectivity index (χ3n) is 5.61. The molecule has 0 aliphatic heterocycles. The number of nitrogens with zero attached hydrogens (tertiary/aromatic N) is 2. The van der Waals surface area contributed by atoms with Crippen LogP contribution < -0.4 is 4.90 Å². The average molecular weight is 480 g/mol. The summed E-state index contributed by atoms with van der Waals surface area (Å²) in [7, 11) is 1.42. The topological polar surface area (TPSA) is 33.2 Å². The van der Waals surface area contributed by atoms with Crippen molar-refractivity contribution in [2.45, 2.75) is 38.5 Å². The maximum absolute atomic E-state index is 13.5. The first-order valence-corrected chi connectivity index (χ1v) is 10.2. The Morgan fingerprint density at radius 2 is 1.32 bits per heavy atom. The van der Waals surface area contributed by atoms with E-state index in [4.69, 9.17) is 0 Å². The van der Waals surface area contributed by atoms with Crippen molar-refractivity contribution in [3.63, 3.8) is 0 Å². The molecule has 1 aromatic heterocycles. The highest BCUT2D eigenvalue weighted by Gasteiger charge is 2.41. The molecule has 0 spiro atoms. The van der Waals surface area contributed by atoms with E-state index in [1.165, 1.54) is 32.0 Å². The van der Waals surface area contributed by atoms with Crippen molar-refractivity contribution in [1.29, 1.82) is 0 Å². The lowest BCUT2D eigenvalue weighted by Crippen LogP contribution is -2.42. The highest BCUT2D eigenvalue weighted by atomic mass is 19.4. The first-order valence-electron chi connectivity index (χ1n) is 10.2. The van der Waals surface area contributed by atoms with Crippen LogP contribution in [-0.4, -0.2) is 17.9 Å². The molecule has 2 aromatic carbocycles. The van der Waals surface area contributed by atoms with Crippen LogP contribution in [0.4, 0.5) is 32.0 Å². The van der Waals surface area contributed by atoms with Gasteiger partial charge < -0.3 is 4.90 Å². The Morgan fingerprint density at radius 3 is 1.82 bits per heavy atom. The molecule has 3 rings (SSSR count). The fourth-order valence-electron chi connectivity index (χ4n) is 3.64. The van der Waals surface area contributed by atoms with Crippen molar-refractivity contribution in [2.75, 3.05) is 11.9 Å². The fourth-order valence-corrected chi connectivity index (χ4v) is 3.64. The number of benzene rings is 2. The van der Waals surface area contributed by atoms with Gasteiger partial charge in [0, 0.05) is 18.3 Å². The van der Waals surface area contributed by atoms with Gasteiger partial charge in [-0.3, -0.25) is 9.78 Å². The standard InChI is InChI=1S/C25H22F6N2O/c1-15-10-20(16-8-6-5-7-9-16)21(14-32-15)33(4)22(34)23(2,3)17-11-18(24(26,27)28)13-19(12-17)25(29,30)31/h5-14H,1-4H3. The number of halogens is 6. The first kappa shape index (κ1) is 25.3. The average Bonchev–Trinajstić information content (AvgIpc) is 2.77. The summed E-state index contributed by atoms with van der Waals surface area (Å²) in [5.74, 6) is -0.692. The van der Waals surface area contributed by atoms with Crippen molar-refractivity contribution in [3.8, 4) is 11.1 Å². The molecule has 0 unspecified atom stereocenters. The van der Waals surface area contributed by atoms with Gasteiger partial charge in [-0.05, 0) is 56.2 Å². The number of likely N-dealkylation sites (N-methyl/N-ethyl adjacent to an activating group) is 1. The second-order valence-electron chi connectivity index (χ2n) is 8.49. The van der Waals surface area contributed by atoms with Crippen LogP contribution in [0.15, 0.2) is 60.8 Å². The molecule has 0 radical (unpaired) electrons. The number of hydrogen-bond donors (Lipinski definition) is 0. The molecule has 0 fully saturated rings. The monoisotopic (exact) mass is 480 g/mol. The number of carbonyl (C=O) groups is 1. The van der Waals surface area contributed by atoms with Gasteiger partial charge in [0.25, 0.3) is 0 Å². The van der Waals surface area contributed by atoms with Crippen LogP contribution in [0.1, 0.15) is 36.2 Å². The predicted octanol–water partition coefficient (Wildman–Crippen LogP) is 7.04. The Hall–Kier alpha value is -3.36. The van der Waals surface area contributed by atoms with Gasteiger partial charge in [0.05, 0.1) is 28.4 Å². The third kappa shape index (κ3) is 5.08. The van der Waals surface area contributed by atoms with Crippen LogP contribution >= 0.6 is 0 Å². The van der Waals surface area contributed by atoms with Crippen molar-refractivity contribution < 1.29 is 31.1 Å². The molecular formula is C25H22F6N2O. The molecule has 0 aliphatic carbocycles. The van der Waals surface area contributed by atoms with Crippen LogP contribution in [0.2, 0.25) is 0 Å². The fraction of sp³-hybridized carbons (Fsp3) is 0.280. The highest BCUT2D eigenvalue weighted by molar-refractivity contribution is 6.03. The van der Waals surface area contributed by atoms with E-state index in [2.05, 4.69) is 4.98 Å². The van der Waals surface area contributed by atoms with E-state index >= 15 is 0 Å². The summed E-state index contributed by atoms with van der Waals surface area (Å²) < 4.78 is 80.1. The van der Waals surface area contributed by atoms with Crippen LogP contribution in [0.25, 0.3) is 11.1 Å². The van der Waals surface area contributed by atoms with E-state index in [1.807, 2.05) is 30.3 Å². The molecule has 9 heteroatoms. The number of amides is 1. The van der Waals surface area contributed by atoms with Gasteiger partial charge in [-0.25, -0.2) is 0 Å². The quantitative estimate of drug-likeness (QED) is 0.376. The smallest absolute Gasteiger partial charge is 0.313 e. The zero-order chi connectivity index (χ0) is 25.5. The Balaban J connectivity index is 2.11. The summed E-state index contributed by atoms with van der Waals surface area (Å²) in [5.41, 5.74) is -2.57. The van der Waals surface area contributed by atoms with Gasteiger partial charge in [-0.2, -0.15) is 26.3 Å². The first-order chi connectivity index (χ1) is 15.6. The second-order valence-corrected chi connectivity index (χ2v) is 8.49. The number of aryl methyl sites for hydroxylation is 1. The minimum Gasteiger partial charge on any atom is -0.313 e. The molecule has 180 valence electrons. The lowest BCUT2D eigenvalue weighted by Gasteiger charge is -2.32. The predicted molar refractivity (Wildman–Crippen MR) is 117 cm³/mol. The summed E-state index contributed by atoms with van der Waals surface area (Å²) >= 11 is 0. The van der Waals surface area contributed by atoms with Crippen LogP contribution in [0.3, 0.4) is 0 Å². The Kier molecular flexibility index (Phi) is 6.52. The van der Waals surface area contributed by atoms with Crippen molar-refractivity contribution in [2.24, 2.45) is 0 Å². The zero-order valence-corrected chi connectivity index (χ0v) is 18.8. The van der Waals surface area contributed by atoms with Crippen LogP contribution in [0, 0.1) is 6.92 Å². The molecule has 3 aromatic rings. The third-order valence-corrected chi connectivity index (χ3v) is 5.61. The normalized spacial score (nSPS) is 12.5. The lowest BCUT2D eigenvalue weighted by molar-refractivity contribution is -0.143. The second kappa shape index (κ2) is 8.77.